The number of halogens is 1. The first-order valence-corrected chi connectivity index (χ1v) is 8.46. The lowest BCUT2D eigenvalue weighted by Crippen LogP contribution is -2.38. The van der Waals surface area contributed by atoms with Gasteiger partial charge in [0.1, 0.15) is 6.07 Å². The molecule has 20 heavy (non-hydrogen) atoms. The van der Waals surface area contributed by atoms with Crippen LogP contribution in [0.5, 0.6) is 0 Å². The number of hydrogen-bond acceptors (Lipinski definition) is 3. The van der Waals surface area contributed by atoms with Crippen molar-refractivity contribution in [1.29, 1.82) is 5.26 Å². The highest BCUT2D eigenvalue weighted by atomic mass is 35.5. The summed E-state index contributed by atoms with van der Waals surface area (Å²) in [6.07, 6.45) is 5.11. The molecule has 1 aliphatic rings. The molecule has 0 atom stereocenters. The van der Waals surface area contributed by atoms with E-state index in [9.17, 15) is 8.42 Å². The van der Waals surface area contributed by atoms with E-state index >= 15 is 0 Å². The average Bonchev–Trinajstić information content (AvgIpc) is 2.47. The van der Waals surface area contributed by atoms with Crippen molar-refractivity contribution >= 4 is 21.6 Å². The lowest BCUT2D eigenvalue weighted by atomic mass is 9.96. The molecule has 0 heterocycles. The molecule has 1 saturated carbocycles. The van der Waals surface area contributed by atoms with E-state index in [1.807, 2.05) is 6.07 Å². The second kappa shape index (κ2) is 6.13. The Balaban J connectivity index is 2.30. The van der Waals surface area contributed by atoms with Crippen LogP contribution in [-0.4, -0.2) is 25.8 Å². The van der Waals surface area contributed by atoms with Gasteiger partial charge in [-0.15, -0.1) is 0 Å². The second-order valence-electron chi connectivity index (χ2n) is 5.07. The monoisotopic (exact) mass is 312 g/mol. The molecule has 1 aromatic rings. The second-order valence-corrected chi connectivity index (χ2v) is 7.47. The Bertz CT molecular complexity index is 631. The summed E-state index contributed by atoms with van der Waals surface area (Å²) in [4.78, 5) is 0.148. The Kier molecular flexibility index (Phi) is 4.69. The fourth-order valence-electron chi connectivity index (χ4n) is 2.55. The molecule has 6 heteroatoms. The number of sulfonamides is 1. The molecule has 2 rings (SSSR count). The normalized spacial score (nSPS) is 17.1. The lowest BCUT2D eigenvalue weighted by molar-refractivity contribution is 0.286. The Morgan fingerprint density at radius 2 is 1.95 bits per heavy atom. The Hall–Kier alpha value is -1.09. The van der Waals surface area contributed by atoms with Crippen molar-refractivity contribution in [2.45, 2.75) is 43.0 Å². The van der Waals surface area contributed by atoms with Crippen LogP contribution in [0, 0.1) is 11.3 Å². The number of nitriles is 1. The molecule has 108 valence electrons. The van der Waals surface area contributed by atoms with E-state index in [2.05, 4.69) is 0 Å². The largest absolute Gasteiger partial charge is 0.243 e. The Morgan fingerprint density at radius 3 is 2.50 bits per heavy atom. The van der Waals surface area contributed by atoms with Gasteiger partial charge in [0.15, 0.2) is 0 Å². The van der Waals surface area contributed by atoms with Gasteiger partial charge in [0.2, 0.25) is 10.0 Å². The summed E-state index contributed by atoms with van der Waals surface area (Å²) in [7, 11) is -1.92. The Morgan fingerprint density at radius 1 is 1.30 bits per heavy atom. The SMILES string of the molecule is CN(C1CCCCC1)S(=O)(=O)c1ccc(C#N)c(Cl)c1. The van der Waals surface area contributed by atoms with Crippen LogP contribution in [0.2, 0.25) is 5.02 Å². The molecule has 1 aromatic carbocycles. The summed E-state index contributed by atoms with van der Waals surface area (Å²) in [6, 6.07) is 6.23. The third kappa shape index (κ3) is 2.98. The summed E-state index contributed by atoms with van der Waals surface area (Å²) in [5.41, 5.74) is 0.283. The van der Waals surface area contributed by atoms with Crippen LogP contribution in [0.3, 0.4) is 0 Å². The van der Waals surface area contributed by atoms with Crippen LogP contribution in [0.4, 0.5) is 0 Å². The predicted octanol–water partition coefficient (Wildman–Crippen LogP) is 3.16. The Labute approximate surface area is 125 Å². The quantitative estimate of drug-likeness (QED) is 0.861. The van der Waals surface area contributed by atoms with Crippen LogP contribution in [-0.2, 0) is 10.0 Å². The van der Waals surface area contributed by atoms with Crippen molar-refractivity contribution in [2.24, 2.45) is 0 Å². The summed E-state index contributed by atoms with van der Waals surface area (Å²) < 4.78 is 26.6. The summed E-state index contributed by atoms with van der Waals surface area (Å²) in [6.45, 7) is 0. The number of hydrogen-bond donors (Lipinski definition) is 0. The van der Waals surface area contributed by atoms with E-state index in [1.165, 1.54) is 28.9 Å². The van der Waals surface area contributed by atoms with Crippen LogP contribution in [0.25, 0.3) is 0 Å². The van der Waals surface area contributed by atoms with E-state index < -0.39 is 10.0 Å². The molecule has 0 radical (unpaired) electrons. The highest BCUT2D eigenvalue weighted by Crippen LogP contribution is 2.28. The molecule has 4 nitrogen and oxygen atoms in total. The van der Waals surface area contributed by atoms with Crippen LogP contribution in [0.1, 0.15) is 37.7 Å². The maximum absolute atomic E-state index is 12.6. The van der Waals surface area contributed by atoms with Crippen molar-refractivity contribution in [3.05, 3.63) is 28.8 Å². The highest BCUT2D eigenvalue weighted by molar-refractivity contribution is 7.89. The van der Waals surface area contributed by atoms with Crippen LogP contribution in [0.15, 0.2) is 23.1 Å². The average molecular weight is 313 g/mol. The van der Waals surface area contributed by atoms with Crippen molar-refractivity contribution in [2.75, 3.05) is 7.05 Å². The van der Waals surface area contributed by atoms with Gasteiger partial charge in [-0.3, -0.25) is 0 Å². The first kappa shape index (κ1) is 15.3. The lowest BCUT2D eigenvalue weighted by Gasteiger charge is -2.30. The number of nitrogens with zero attached hydrogens (tertiary/aromatic N) is 2. The summed E-state index contributed by atoms with van der Waals surface area (Å²) in [5, 5.41) is 9.00. The minimum absolute atomic E-state index is 0.0585. The van der Waals surface area contributed by atoms with Gasteiger partial charge in [0.05, 0.1) is 15.5 Å². The van der Waals surface area contributed by atoms with Gasteiger partial charge in [-0.1, -0.05) is 30.9 Å². The smallest absolute Gasteiger partial charge is 0.207 e. The molecular formula is C14H17ClN2O2S. The topological polar surface area (TPSA) is 61.2 Å². The van der Waals surface area contributed by atoms with E-state index in [-0.39, 0.29) is 21.5 Å². The molecule has 0 spiro atoms. The van der Waals surface area contributed by atoms with Gasteiger partial charge in [-0.05, 0) is 31.0 Å². The zero-order valence-corrected chi connectivity index (χ0v) is 12.9. The summed E-state index contributed by atoms with van der Waals surface area (Å²) in [5.74, 6) is 0. The zero-order chi connectivity index (χ0) is 14.8. The van der Waals surface area contributed by atoms with Crippen molar-refractivity contribution in [3.63, 3.8) is 0 Å². The zero-order valence-electron chi connectivity index (χ0n) is 11.3. The fourth-order valence-corrected chi connectivity index (χ4v) is 4.28. The first-order chi connectivity index (χ1) is 9.46. The maximum Gasteiger partial charge on any atom is 0.243 e. The van der Waals surface area contributed by atoms with Gasteiger partial charge < -0.3 is 0 Å². The van der Waals surface area contributed by atoms with Crippen LogP contribution < -0.4 is 0 Å². The van der Waals surface area contributed by atoms with Gasteiger partial charge in [-0.2, -0.15) is 9.57 Å². The molecule has 0 N–H and O–H groups in total. The number of rotatable bonds is 3. The maximum atomic E-state index is 12.6. The third-order valence-electron chi connectivity index (χ3n) is 3.83. The summed E-state index contributed by atoms with van der Waals surface area (Å²) >= 11 is 5.92. The molecule has 0 aromatic heterocycles. The molecule has 0 amide bonds. The molecule has 0 unspecified atom stereocenters. The van der Waals surface area contributed by atoms with E-state index in [4.69, 9.17) is 16.9 Å². The fraction of sp³-hybridized carbons (Fsp3) is 0.500. The highest BCUT2D eigenvalue weighted by Gasteiger charge is 2.29. The van der Waals surface area contributed by atoms with E-state index in [0.29, 0.717) is 0 Å². The standard InChI is InChI=1S/C14H17ClN2O2S/c1-17(12-5-3-2-4-6-12)20(18,19)13-8-7-11(10-16)14(15)9-13/h7-9,12H,2-6H2,1H3. The molecular weight excluding hydrogens is 296 g/mol. The third-order valence-corrected chi connectivity index (χ3v) is 6.05. The van der Waals surface area contributed by atoms with Crippen LogP contribution >= 0.6 is 11.6 Å². The minimum Gasteiger partial charge on any atom is -0.207 e. The van der Waals surface area contributed by atoms with E-state index in [1.54, 1.807) is 7.05 Å². The predicted molar refractivity (Wildman–Crippen MR) is 78.0 cm³/mol. The first-order valence-electron chi connectivity index (χ1n) is 6.64. The van der Waals surface area contributed by atoms with Crippen molar-refractivity contribution < 1.29 is 8.42 Å². The van der Waals surface area contributed by atoms with Crippen molar-refractivity contribution in [1.82, 2.24) is 4.31 Å². The van der Waals surface area contributed by atoms with Gasteiger partial charge in [0, 0.05) is 13.1 Å². The van der Waals surface area contributed by atoms with Gasteiger partial charge in [0.25, 0.3) is 0 Å². The van der Waals surface area contributed by atoms with Gasteiger partial charge in [-0.25, -0.2) is 8.42 Å². The molecule has 1 fully saturated rings. The van der Waals surface area contributed by atoms with Gasteiger partial charge >= 0.3 is 0 Å². The number of benzene rings is 1. The molecule has 0 bridgehead atoms. The van der Waals surface area contributed by atoms with Crippen molar-refractivity contribution in [3.8, 4) is 6.07 Å². The molecule has 0 saturated heterocycles. The molecule has 1 aliphatic carbocycles. The van der Waals surface area contributed by atoms with E-state index in [0.717, 1.165) is 25.7 Å². The minimum atomic E-state index is -3.55. The molecule has 0 aliphatic heterocycles.